The first-order chi connectivity index (χ1) is 7.79. The van der Waals surface area contributed by atoms with Crippen LogP contribution in [-0.2, 0) is 4.74 Å². The third kappa shape index (κ3) is 2.22. The van der Waals surface area contributed by atoms with E-state index in [1.807, 2.05) is 30.3 Å². The van der Waals surface area contributed by atoms with Crippen LogP contribution in [0.15, 0.2) is 40.3 Å². The van der Waals surface area contributed by atoms with Gasteiger partial charge in [-0.3, -0.25) is 5.43 Å². The van der Waals surface area contributed by atoms with Gasteiger partial charge in [-0.15, -0.1) is 0 Å². The van der Waals surface area contributed by atoms with Crippen LogP contribution in [0.3, 0.4) is 0 Å². The molecule has 1 aliphatic rings. The molecule has 84 valence electrons. The number of aliphatic imine (C=N–C) groups is 2. The maximum atomic E-state index is 5.48. The van der Waals surface area contributed by atoms with Crippen molar-refractivity contribution in [1.82, 2.24) is 5.01 Å². The predicted molar refractivity (Wildman–Crippen MR) is 62.8 cm³/mol. The first-order valence-corrected chi connectivity index (χ1v) is 4.81. The molecule has 1 aromatic carbocycles. The predicted octanol–water partition coefficient (Wildman–Crippen LogP) is 0.604. The number of benzene rings is 1. The number of hydrogen-bond acceptors (Lipinski definition) is 6. The van der Waals surface area contributed by atoms with E-state index in [2.05, 4.69) is 15.4 Å². The van der Waals surface area contributed by atoms with Crippen LogP contribution in [0.4, 0.5) is 5.69 Å². The Morgan fingerprint density at radius 1 is 1.38 bits per heavy atom. The number of nitrogens with one attached hydrogen (secondary N) is 1. The minimum absolute atomic E-state index is 0.225. The van der Waals surface area contributed by atoms with Crippen LogP contribution in [0.1, 0.15) is 0 Å². The molecule has 1 aliphatic heterocycles. The van der Waals surface area contributed by atoms with Crippen molar-refractivity contribution in [1.29, 1.82) is 0 Å². The minimum Gasteiger partial charge on any atom is -0.467 e. The summed E-state index contributed by atoms with van der Waals surface area (Å²) in [6, 6.07) is 10.1. The van der Waals surface area contributed by atoms with Gasteiger partial charge in [0, 0.05) is 0 Å². The lowest BCUT2D eigenvalue weighted by Crippen LogP contribution is -2.41. The fourth-order valence-corrected chi connectivity index (χ4v) is 1.30. The first-order valence-electron chi connectivity index (χ1n) is 4.81. The molecule has 3 N–H and O–H groups in total. The molecular weight excluding hydrogens is 206 g/mol. The molecule has 0 amide bonds. The number of hydrazine groups is 1. The van der Waals surface area contributed by atoms with Crippen LogP contribution >= 0.6 is 0 Å². The molecule has 0 bridgehead atoms. The Labute approximate surface area is 93.4 Å². The van der Waals surface area contributed by atoms with Gasteiger partial charge in [0.25, 0.3) is 0 Å². The average molecular weight is 219 g/mol. The lowest BCUT2D eigenvalue weighted by atomic mass is 10.3. The fraction of sp³-hybridized carbons (Fsp3) is 0.200. The number of nitrogens with zero attached hydrogens (tertiary/aromatic N) is 3. The van der Waals surface area contributed by atoms with E-state index >= 15 is 0 Å². The molecule has 0 saturated heterocycles. The van der Waals surface area contributed by atoms with Gasteiger partial charge in [0.2, 0.25) is 5.96 Å². The summed E-state index contributed by atoms with van der Waals surface area (Å²) in [7, 11) is 1.54. The maximum absolute atomic E-state index is 5.48. The van der Waals surface area contributed by atoms with Crippen molar-refractivity contribution < 1.29 is 4.74 Å². The highest BCUT2D eigenvalue weighted by atomic mass is 16.5. The Morgan fingerprint density at radius 2 is 2.12 bits per heavy atom. The van der Waals surface area contributed by atoms with Crippen molar-refractivity contribution >= 4 is 17.7 Å². The quantitative estimate of drug-likeness (QED) is 0.764. The van der Waals surface area contributed by atoms with Gasteiger partial charge in [-0.2, -0.15) is 4.99 Å². The van der Waals surface area contributed by atoms with Crippen molar-refractivity contribution in [2.75, 3.05) is 19.2 Å². The number of methoxy groups -OCH3 is 1. The minimum atomic E-state index is 0.225. The summed E-state index contributed by atoms with van der Waals surface area (Å²) in [6.45, 7) is 0.368. The summed E-state index contributed by atoms with van der Waals surface area (Å²) in [5.41, 5.74) is 9.53. The molecule has 16 heavy (non-hydrogen) atoms. The van der Waals surface area contributed by atoms with Gasteiger partial charge >= 0.3 is 6.02 Å². The van der Waals surface area contributed by atoms with Gasteiger partial charge in [0.1, 0.15) is 6.67 Å². The zero-order valence-electron chi connectivity index (χ0n) is 8.92. The highest BCUT2D eigenvalue weighted by Gasteiger charge is 2.16. The molecule has 6 heteroatoms. The number of nitrogens with two attached hydrogens (primary N) is 1. The topological polar surface area (TPSA) is 75.2 Å². The van der Waals surface area contributed by atoms with E-state index in [1.165, 1.54) is 7.11 Å². The molecule has 0 spiro atoms. The summed E-state index contributed by atoms with van der Waals surface area (Å²) in [4.78, 5) is 7.96. The van der Waals surface area contributed by atoms with E-state index in [-0.39, 0.29) is 5.96 Å². The summed E-state index contributed by atoms with van der Waals surface area (Å²) in [6.07, 6.45) is 0. The summed E-state index contributed by atoms with van der Waals surface area (Å²) in [5, 5.41) is 1.67. The number of para-hydroxylation sites is 1. The maximum Gasteiger partial charge on any atom is 0.316 e. The van der Waals surface area contributed by atoms with Gasteiger partial charge in [0.15, 0.2) is 0 Å². The monoisotopic (exact) mass is 219 g/mol. The molecule has 0 fully saturated rings. The number of ether oxygens (including phenoxy) is 1. The summed E-state index contributed by atoms with van der Waals surface area (Å²) >= 11 is 0. The zero-order chi connectivity index (χ0) is 11.4. The normalized spacial score (nSPS) is 15.2. The van der Waals surface area contributed by atoms with Crippen LogP contribution < -0.4 is 11.2 Å². The van der Waals surface area contributed by atoms with Crippen LogP contribution in [0.5, 0.6) is 0 Å². The fourth-order valence-electron chi connectivity index (χ4n) is 1.30. The molecule has 0 atom stereocenters. The van der Waals surface area contributed by atoms with E-state index in [0.717, 1.165) is 5.69 Å². The zero-order valence-corrected chi connectivity index (χ0v) is 8.92. The van der Waals surface area contributed by atoms with E-state index < -0.39 is 0 Å². The van der Waals surface area contributed by atoms with E-state index in [4.69, 9.17) is 10.5 Å². The number of anilines is 1. The number of rotatable bonds is 2. The Balaban J connectivity index is 2.09. The van der Waals surface area contributed by atoms with Crippen molar-refractivity contribution in [3.8, 4) is 0 Å². The van der Waals surface area contributed by atoms with E-state index in [0.29, 0.717) is 12.7 Å². The standard InChI is InChI=1S/C10H13N5O/c1-16-10-13-9(11)12-7-15(10)14-8-5-3-2-4-6-8/h2-6,14H,7H2,1H3,(H2,11,12). The molecule has 1 heterocycles. The second-order valence-corrected chi connectivity index (χ2v) is 3.16. The molecule has 6 nitrogen and oxygen atoms in total. The van der Waals surface area contributed by atoms with Crippen molar-refractivity contribution in [3.05, 3.63) is 30.3 Å². The second kappa shape index (κ2) is 4.52. The number of guanidine groups is 1. The number of amidine groups is 1. The van der Waals surface area contributed by atoms with Crippen LogP contribution in [0.25, 0.3) is 0 Å². The molecule has 0 saturated carbocycles. The first kappa shape index (κ1) is 10.3. The third-order valence-electron chi connectivity index (χ3n) is 2.04. The van der Waals surface area contributed by atoms with Crippen molar-refractivity contribution in [2.45, 2.75) is 0 Å². The summed E-state index contributed by atoms with van der Waals surface area (Å²) < 4.78 is 5.10. The average Bonchev–Trinajstić information content (AvgIpc) is 2.33. The van der Waals surface area contributed by atoms with Crippen LogP contribution in [0.2, 0.25) is 0 Å². The lowest BCUT2D eigenvalue weighted by Gasteiger charge is -2.26. The smallest absolute Gasteiger partial charge is 0.316 e. The SMILES string of the molecule is COC1=NC(N)=NCN1Nc1ccccc1. The van der Waals surface area contributed by atoms with Crippen LogP contribution in [0, 0.1) is 0 Å². The van der Waals surface area contributed by atoms with E-state index in [9.17, 15) is 0 Å². The summed E-state index contributed by atoms with van der Waals surface area (Å²) in [5.74, 6) is 0.225. The molecule has 0 aliphatic carbocycles. The molecule has 0 unspecified atom stereocenters. The van der Waals surface area contributed by atoms with Gasteiger partial charge in [-0.1, -0.05) is 18.2 Å². The molecular formula is C10H13N5O. The van der Waals surface area contributed by atoms with Crippen molar-refractivity contribution in [3.63, 3.8) is 0 Å². The molecule has 1 aromatic rings. The van der Waals surface area contributed by atoms with E-state index in [1.54, 1.807) is 5.01 Å². The highest BCUT2D eigenvalue weighted by Crippen LogP contribution is 2.09. The Morgan fingerprint density at radius 3 is 2.81 bits per heavy atom. The molecule has 0 aromatic heterocycles. The van der Waals surface area contributed by atoms with Gasteiger partial charge in [0.05, 0.1) is 12.8 Å². The molecule has 2 rings (SSSR count). The Bertz CT molecular complexity index is 414. The third-order valence-corrected chi connectivity index (χ3v) is 2.04. The Kier molecular flexibility index (Phi) is 2.90. The largest absolute Gasteiger partial charge is 0.467 e. The van der Waals surface area contributed by atoms with Gasteiger partial charge < -0.3 is 10.5 Å². The molecule has 0 radical (unpaired) electrons. The lowest BCUT2D eigenvalue weighted by molar-refractivity contribution is 0.308. The van der Waals surface area contributed by atoms with Crippen molar-refractivity contribution in [2.24, 2.45) is 15.7 Å². The second-order valence-electron chi connectivity index (χ2n) is 3.16. The van der Waals surface area contributed by atoms with Gasteiger partial charge in [-0.05, 0) is 12.1 Å². The Hall–Kier alpha value is -2.24. The number of hydrogen-bond donors (Lipinski definition) is 2. The van der Waals surface area contributed by atoms with Crippen LogP contribution in [-0.4, -0.2) is 30.8 Å². The highest BCUT2D eigenvalue weighted by molar-refractivity contribution is 5.93. The van der Waals surface area contributed by atoms with Gasteiger partial charge in [-0.25, -0.2) is 10.0 Å².